The van der Waals surface area contributed by atoms with Crippen molar-refractivity contribution in [2.24, 2.45) is 5.73 Å². The van der Waals surface area contributed by atoms with Crippen molar-refractivity contribution >= 4 is 5.91 Å². The highest BCUT2D eigenvalue weighted by Gasteiger charge is 2.19. The summed E-state index contributed by atoms with van der Waals surface area (Å²) in [5.41, 5.74) is 5.15. The standard InChI is InChI=1S/C10H21N3O/c1-2-13(8-5-10(11)14)9-3-6-12-7-4-9/h9,12H,2-8H2,1H3,(H2,11,14). The number of hydrogen-bond acceptors (Lipinski definition) is 3. The maximum atomic E-state index is 10.7. The van der Waals surface area contributed by atoms with Crippen LogP contribution in [0.2, 0.25) is 0 Å². The normalized spacial score (nSPS) is 18.7. The lowest BCUT2D eigenvalue weighted by Gasteiger charge is -2.33. The second kappa shape index (κ2) is 5.98. The van der Waals surface area contributed by atoms with Gasteiger partial charge in [-0.25, -0.2) is 0 Å². The van der Waals surface area contributed by atoms with Gasteiger partial charge in [0.25, 0.3) is 0 Å². The molecule has 4 nitrogen and oxygen atoms in total. The number of nitrogens with zero attached hydrogens (tertiary/aromatic N) is 1. The zero-order chi connectivity index (χ0) is 10.4. The summed E-state index contributed by atoms with van der Waals surface area (Å²) in [6, 6.07) is 0.639. The number of hydrogen-bond donors (Lipinski definition) is 2. The number of primary amides is 1. The van der Waals surface area contributed by atoms with Crippen molar-refractivity contribution < 1.29 is 4.79 Å². The van der Waals surface area contributed by atoms with E-state index in [1.165, 1.54) is 12.8 Å². The molecule has 1 aliphatic rings. The van der Waals surface area contributed by atoms with E-state index in [-0.39, 0.29) is 5.91 Å². The number of piperidine rings is 1. The molecular weight excluding hydrogens is 178 g/mol. The topological polar surface area (TPSA) is 58.4 Å². The number of nitrogens with one attached hydrogen (secondary N) is 1. The third-order valence-electron chi connectivity index (χ3n) is 2.88. The van der Waals surface area contributed by atoms with E-state index in [0.29, 0.717) is 12.5 Å². The molecule has 1 rings (SSSR count). The summed E-state index contributed by atoms with van der Waals surface area (Å²) >= 11 is 0. The highest BCUT2D eigenvalue weighted by molar-refractivity contribution is 5.73. The predicted molar refractivity (Wildman–Crippen MR) is 57.0 cm³/mol. The van der Waals surface area contributed by atoms with Crippen molar-refractivity contribution in [1.82, 2.24) is 10.2 Å². The lowest BCUT2D eigenvalue weighted by atomic mass is 10.0. The van der Waals surface area contributed by atoms with Crippen LogP contribution in [0.25, 0.3) is 0 Å². The average molecular weight is 199 g/mol. The van der Waals surface area contributed by atoms with Gasteiger partial charge in [-0.3, -0.25) is 4.79 Å². The molecule has 0 saturated carbocycles. The smallest absolute Gasteiger partial charge is 0.218 e. The predicted octanol–water partition coefficient (Wildman–Crippen LogP) is -0.0643. The van der Waals surface area contributed by atoms with Crippen LogP contribution in [-0.2, 0) is 4.79 Å². The molecule has 1 aliphatic heterocycles. The van der Waals surface area contributed by atoms with E-state index < -0.39 is 0 Å². The molecule has 1 heterocycles. The second-order valence-corrected chi connectivity index (χ2v) is 3.83. The molecule has 0 bridgehead atoms. The maximum absolute atomic E-state index is 10.7. The van der Waals surface area contributed by atoms with Crippen LogP contribution in [0.5, 0.6) is 0 Å². The molecule has 0 radical (unpaired) electrons. The Balaban J connectivity index is 2.31. The molecule has 3 N–H and O–H groups in total. The van der Waals surface area contributed by atoms with Gasteiger partial charge in [0.2, 0.25) is 5.91 Å². The van der Waals surface area contributed by atoms with Crippen molar-refractivity contribution in [3.8, 4) is 0 Å². The molecule has 14 heavy (non-hydrogen) atoms. The summed E-state index contributed by atoms with van der Waals surface area (Å²) in [4.78, 5) is 13.1. The minimum absolute atomic E-state index is 0.197. The number of amides is 1. The molecule has 0 unspecified atom stereocenters. The van der Waals surface area contributed by atoms with Gasteiger partial charge in [-0.15, -0.1) is 0 Å². The molecule has 0 spiro atoms. The Bertz CT molecular complexity index is 178. The summed E-state index contributed by atoms with van der Waals surface area (Å²) in [5, 5.41) is 3.34. The molecule has 0 aromatic heterocycles. The van der Waals surface area contributed by atoms with E-state index >= 15 is 0 Å². The Hall–Kier alpha value is -0.610. The Kier molecular flexibility index (Phi) is 4.90. The Labute approximate surface area is 85.8 Å². The highest BCUT2D eigenvalue weighted by Crippen LogP contribution is 2.11. The van der Waals surface area contributed by atoms with E-state index in [2.05, 4.69) is 17.1 Å². The van der Waals surface area contributed by atoms with Crippen LogP contribution < -0.4 is 11.1 Å². The quantitative estimate of drug-likeness (QED) is 0.652. The lowest BCUT2D eigenvalue weighted by Crippen LogP contribution is -2.44. The first-order valence-corrected chi connectivity index (χ1v) is 5.47. The summed E-state index contributed by atoms with van der Waals surface area (Å²) in [6.45, 7) is 6.16. The van der Waals surface area contributed by atoms with Crippen molar-refractivity contribution in [2.75, 3.05) is 26.2 Å². The van der Waals surface area contributed by atoms with Crippen LogP contribution in [0, 0.1) is 0 Å². The van der Waals surface area contributed by atoms with E-state index in [9.17, 15) is 4.79 Å². The minimum Gasteiger partial charge on any atom is -0.370 e. The molecule has 1 saturated heterocycles. The first-order chi connectivity index (χ1) is 6.74. The Morgan fingerprint density at radius 3 is 2.64 bits per heavy atom. The fourth-order valence-electron chi connectivity index (χ4n) is 2.02. The van der Waals surface area contributed by atoms with Crippen LogP contribution in [-0.4, -0.2) is 43.0 Å². The van der Waals surface area contributed by atoms with Crippen LogP contribution in [0.15, 0.2) is 0 Å². The fraction of sp³-hybridized carbons (Fsp3) is 0.900. The summed E-state index contributed by atoms with van der Waals surface area (Å²) in [6.07, 6.45) is 2.86. The SMILES string of the molecule is CCN(CCC(N)=O)C1CCNCC1. The highest BCUT2D eigenvalue weighted by atomic mass is 16.1. The zero-order valence-electron chi connectivity index (χ0n) is 8.96. The third-order valence-corrected chi connectivity index (χ3v) is 2.88. The fourth-order valence-corrected chi connectivity index (χ4v) is 2.02. The van der Waals surface area contributed by atoms with Gasteiger partial charge in [0.15, 0.2) is 0 Å². The van der Waals surface area contributed by atoms with Crippen molar-refractivity contribution in [3.05, 3.63) is 0 Å². The van der Waals surface area contributed by atoms with Gasteiger partial charge >= 0.3 is 0 Å². The molecule has 0 atom stereocenters. The van der Waals surface area contributed by atoms with Crippen LogP contribution in [0.4, 0.5) is 0 Å². The molecular formula is C10H21N3O. The largest absolute Gasteiger partial charge is 0.370 e. The first-order valence-electron chi connectivity index (χ1n) is 5.47. The molecule has 0 aromatic carbocycles. The van der Waals surface area contributed by atoms with Crippen molar-refractivity contribution in [3.63, 3.8) is 0 Å². The minimum atomic E-state index is -0.197. The summed E-state index contributed by atoms with van der Waals surface area (Å²) in [5.74, 6) is -0.197. The zero-order valence-corrected chi connectivity index (χ0v) is 8.96. The molecule has 0 aliphatic carbocycles. The summed E-state index contributed by atoms with van der Waals surface area (Å²) in [7, 11) is 0. The maximum Gasteiger partial charge on any atom is 0.218 e. The second-order valence-electron chi connectivity index (χ2n) is 3.83. The van der Waals surface area contributed by atoms with E-state index in [1.807, 2.05) is 0 Å². The van der Waals surface area contributed by atoms with Gasteiger partial charge in [0.1, 0.15) is 0 Å². The molecule has 82 valence electrons. The first kappa shape index (κ1) is 11.5. The molecule has 4 heteroatoms. The number of nitrogens with two attached hydrogens (primary N) is 1. The van der Waals surface area contributed by atoms with Gasteiger partial charge in [-0.2, -0.15) is 0 Å². The third kappa shape index (κ3) is 3.64. The van der Waals surface area contributed by atoms with Crippen LogP contribution >= 0.6 is 0 Å². The number of rotatable bonds is 5. The van der Waals surface area contributed by atoms with Gasteiger partial charge < -0.3 is 16.0 Å². The Morgan fingerprint density at radius 2 is 2.14 bits per heavy atom. The van der Waals surface area contributed by atoms with Crippen molar-refractivity contribution in [2.45, 2.75) is 32.2 Å². The van der Waals surface area contributed by atoms with Gasteiger partial charge in [0.05, 0.1) is 0 Å². The molecule has 1 fully saturated rings. The van der Waals surface area contributed by atoms with Gasteiger partial charge in [-0.05, 0) is 32.5 Å². The van der Waals surface area contributed by atoms with Gasteiger partial charge in [-0.1, -0.05) is 6.92 Å². The monoisotopic (exact) mass is 199 g/mol. The average Bonchev–Trinajstić information content (AvgIpc) is 2.20. The van der Waals surface area contributed by atoms with E-state index in [1.54, 1.807) is 0 Å². The van der Waals surface area contributed by atoms with E-state index in [0.717, 1.165) is 26.2 Å². The van der Waals surface area contributed by atoms with Crippen LogP contribution in [0.1, 0.15) is 26.2 Å². The van der Waals surface area contributed by atoms with Crippen molar-refractivity contribution in [1.29, 1.82) is 0 Å². The van der Waals surface area contributed by atoms with Crippen LogP contribution in [0.3, 0.4) is 0 Å². The Morgan fingerprint density at radius 1 is 1.50 bits per heavy atom. The van der Waals surface area contributed by atoms with Gasteiger partial charge in [0, 0.05) is 19.0 Å². The molecule has 0 aromatic rings. The number of carbonyl (C=O) groups excluding carboxylic acids is 1. The summed E-state index contributed by atoms with van der Waals surface area (Å²) < 4.78 is 0. The lowest BCUT2D eigenvalue weighted by molar-refractivity contribution is -0.118. The number of carbonyl (C=O) groups is 1. The van der Waals surface area contributed by atoms with E-state index in [4.69, 9.17) is 5.73 Å². The molecule has 1 amide bonds.